The molecule has 2 heterocycles. The number of thiocarbonyl (C=S) groups is 1. The summed E-state index contributed by atoms with van der Waals surface area (Å²) in [6.45, 7) is 2.47. The van der Waals surface area contributed by atoms with Crippen molar-refractivity contribution in [1.29, 1.82) is 0 Å². The fraction of sp³-hybridized carbons (Fsp3) is 0.125. The van der Waals surface area contributed by atoms with Crippen LogP contribution in [-0.2, 0) is 4.79 Å². The molecular weight excluding hydrogens is 418 g/mol. The molecule has 3 nitrogen and oxygen atoms in total. The molecule has 1 aromatic heterocycles. The summed E-state index contributed by atoms with van der Waals surface area (Å²) in [4.78, 5) is 14.3. The van der Waals surface area contributed by atoms with Gasteiger partial charge in [-0.15, -0.1) is 0 Å². The van der Waals surface area contributed by atoms with Gasteiger partial charge >= 0.3 is 0 Å². The summed E-state index contributed by atoms with van der Waals surface area (Å²) < 4.78 is 7.21. The zero-order valence-electron chi connectivity index (χ0n) is 12.0. The van der Waals surface area contributed by atoms with Crippen molar-refractivity contribution in [1.82, 2.24) is 4.90 Å². The molecule has 0 aliphatic carbocycles. The molecule has 7 heteroatoms. The summed E-state index contributed by atoms with van der Waals surface area (Å²) in [6.07, 6.45) is 1.72. The number of thioether (sulfide) groups is 1. The topological polar surface area (TPSA) is 33.5 Å². The minimum Gasteiger partial charge on any atom is -0.457 e. The lowest BCUT2D eigenvalue weighted by molar-refractivity contribution is -0.121. The number of carbonyl (C=O) groups excluding carboxylic acids is 1. The summed E-state index contributed by atoms with van der Waals surface area (Å²) in [5.74, 6) is 1.22. The van der Waals surface area contributed by atoms with Crippen LogP contribution in [0.1, 0.15) is 12.7 Å². The van der Waals surface area contributed by atoms with E-state index in [4.69, 9.17) is 28.2 Å². The molecule has 1 aliphatic rings. The molecule has 1 amide bonds. The summed E-state index contributed by atoms with van der Waals surface area (Å²) in [7, 11) is 0. The number of benzene rings is 1. The summed E-state index contributed by atoms with van der Waals surface area (Å²) in [5.41, 5.74) is 0.874. The Bertz CT molecular complexity index is 831. The van der Waals surface area contributed by atoms with Gasteiger partial charge in [-0.2, -0.15) is 0 Å². The molecule has 0 atom stereocenters. The minimum absolute atomic E-state index is 0.0767. The lowest BCUT2D eigenvalue weighted by Gasteiger charge is -2.09. The molecular formula is C16H11BrClNO2S2. The van der Waals surface area contributed by atoms with Gasteiger partial charge in [0.1, 0.15) is 15.8 Å². The summed E-state index contributed by atoms with van der Waals surface area (Å²) >= 11 is 16.0. The lowest BCUT2D eigenvalue weighted by atomic mass is 10.2. The first-order valence-electron chi connectivity index (χ1n) is 6.80. The van der Waals surface area contributed by atoms with E-state index < -0.39 is 0 Å². The average molecular weight is 429 g/mol. The van der Waals surface area contributed by atoms with Gasteiger partial charge in [0.15, 0.2) is 0 Å². The predicted molar refractivity (Wildman–Crippen MR) is 102 cm³/mol. The number of hydrogen-bond acceptors (Lipinski definition) is 4. The van der Waals surface area contributed by atoms with Gasteiger partial charge < -0.3 is 4.42 Å². The van der Waals surface area contributed by atoms with Crippen molar-refractivity contribution >= 4 is 67.8 Å². The van der Waals surface area contributed by atoms with Crippen LogP contribution in [-0.4, -0.2) is 21.7 Å². The van der Waals surface area contributed by atoms with Crippen molar-refractivity contribution in [2.45, 2.75) is 6.92 Å². The Morgan fingerprint density at radius 3 is 2.83 bits per heavy atom. The maximum atomic E-state index is 12.2. The van der Waals surface area contributed by atoms with E-state index in [-0.39, 0.29) is 5.91 Å². The van der Waals surface area contributed by atoms with Crippen molar-refractivity contribution in [3.8, 4) is 11.3 Å². The molecule has 23 heavy (non-hydrogen) atoms. The second-order valence-corrected chi connectivity index (χ2v) is 7.69. The summed E-state index contributed by atoms with van der Waals surface area (Å²) in [6, 6.07) is 9.28. The molecule has 118 valence electrons. The number of likely N-dealkylation sites (N-methyl/N-ethyl adjacent to an activating group) is 1. The van der Waals surface area contributed by atoms with Crippen molar-refractivity contribution in [2.75, 3.05) is 6.54 Å². The molecule has 1 aliphatic heterocycles. The average Bonchev–Trinajstić information content (AvgIpc) is 3.08. The number of amides is 1. The minimum atomic E-state index is -0.0767. The Morgan fingerprint density at radius 1 is 1.39 bits per heavy atom. The monoisotopic (exact) mass is 427 g/mol. The zero-order valence-corrected chi connectivity index (χ0v) is 16.0. The number of furan rings is 1. The first-order chi connectivity index (χ1) is 11.0. The Balaban J connectivity index is 1.88. The van der Waals surface area contributed by atoms with Crippen LogP contribution >= 0.6 is 51.5 Å². The van der Waals surface area contributed by atoms with Crippen LogP contribution in [0.25, 0.3) is 17.4 Å². The van der Waals surface area contributed by atoms with Crippen LogP contribution in [0.4, 0.5) is 0 Å². The molecule has 1 saturated heterocycles. The van der Waals surface area contributed by atoms with E-state index in [0.717, 1.165) is 10.0 Å². The van der Waals surface area contributed by atoms with Crippen LogP contribution in [0.2, 0.25) is 5.02 Å². The van der Waals surface area contributed by atoms with E-state index in [2.05, 4.69) is 15.9 Å². The smallest absolute Gasteiger partial charge is 0.266 e. The molecule has 1 fully saturated rings. The predicted octanol–water partition coefficient (Wildman–Crippen LogP) is 5.58. The van der Waals surface area contributed by atoms with E-state index in [0.29, 0.717) is 32.3 Å². The Morgan fingerprint density at radius 2 is 2.17 bits per heavy atom. The third kappa shape index (κ3) is 3.40. The highest BCUT2D eigenvalue weighted by Gasteiger charge is 2.30. The van der Waals surface area contributed by atoms with Gasteiger partial charge in [-0.25, -0.2) is 0 Å². The first-order valence-corrected chi connectivity index (χ1v) is 9.20. The Hall–Kier alpha value is -1.08. The molecule has 0 radical (unpaired) electrons. The number of carbonyl (C=O) groups is 1. The number of nitrogens with zero attached hydrogens (tertiary/aromatic N) is 1. The van der Waals surface area contributed by atoms with Crippen molar-refractivity contribution in [2.24, 2.45) is 0 Å². The number of hydrogen-bond donors (Lipinski definition) is 0. The largest absolute Gasteiger partial charge is 0.457 e. The van der Waals surface area contributed by atoms with E-state index in [1.54, 1.807) is 11.0 Å². The second-order valence-electron chi connectivity index (χ2n) is 4.76. The number of rotatable bonds is 3. The van der Waals surface area contributed by atoms with Crippen molar-refractivity contribution in [3.63, 3.8) is 0 Å². The van der Waals surface area contributed by atoms with E-state index in [1.807, 2.05) is 37.3 Å². The molecule has 0 unspecified atom stereocenters. The maximum Gasteiger partial charge on any atom is 0.266 e. The van der Waals surface area contributed by atoms with Gasteiger partial charge in [0, 0.05) is 22.7 Å². The van der Waals surface area contributed by atoms with Crippen LogP contribution in [0, 0.1) is 0 Å². The maximum absolute atomic E-state index is 12.2. The second kappa shape index (κ2) is 6.81. The van der Waals surface area contributed by atoms with Gasteiger partial charge in [0.25, 0.3) is 5.91 Å². The molecule has 0 spiro atoms. The lowest BCUT2D eigenvalue weighted by Crippen LogP contribution is -2.27. The van der Waals surface area contributed by atoms with Crippen molar-refractivity contribution in [3.05, 3.63) is 50.5 Å². The molecule has 1 aromatic carbocycles. The van der Waals surface area contributed by atoms with E-state index >= 15 is 0 Å². The molecule has 3 rings (SSSR count). The highest BCUT2D eigenvalue weighted by Crippen LogP contribution is 2.34. The standard InChI is InChI=1S/C16H11BrClNO2S2/c1-2-19-15(20)14(23-16(19)22)8-10-4-6-13(21-10)9-3-5-11(17)12(18)7-9/h3-8H,2H2,1H3. The fourth-order valence-corrected chi connectivity index (χ4v) is 3.93. The van der Waals surface area contributed by atoms with Crippen molar-refractivity contribution < 1.29 is 9.21 Å². The van der Waals surface area contributed by atoms with E-state index in [9.17, 15) is 4.79 Å². The number of halogens is 2. The third-order valence-corrected chi connectivity index (χ3v) is 5.90. The quantitative estimate of drug-likeness (QED) is 0.472. The van der Waals surface area contributed by atoms with Crippen LogP contribution < -0.4 is 0 Å². The van der Waals surface area contributed by atoms with Gasteiger partial charge in [-0.05, 0) is 47.1 Å². The van der Waals surface area contributed by atoms with Gasteiger partial charge in [-0.3, -0.25) is 9.69 Å². The molecule has 2 aromatic rings. The van der Waals surface area contributed by atoms with Gasteiger partial charge in [0.05, 0.1) is 9.93 Å². The zero-order chi connectivity index (χ0) is 16.6. The van der Waals surface area contributed by atoms with Crippen LogP contribution in [0.5, 0.6) is 0 Å². The highest BCUT2D eigenvalue weighted by atomic mass is 79.9. The van der Waals surface area contributed by atoms with Crippen LogP contribution in [0.15, 0.2) is 44.1 Å². The molecule has 0 saturated carbocycles. The SMILES string of the molecule is CCN1C(=O)C(=Cc2ccc(-c3ccc(Br)c(Cl)c3)o2)SC1=S. The van der Waals surface area contributed by atoms with Gasteiger partial charge in [-0.1, -0.05) is 41.6 Å². The Labute approximate surface area is 156 Å². The highest BCUT2D eigenvalue weighted by molar-refractivity contribution is 9.10. The third-order valence-electron chi connectivity index (χ3n) is 3.29. The summed E-state index contributed by atoms with van der Waals surface area (Å²) in [5, 5.41) is 0.615. The molecule has 0 bridgehead atoms. The van der Waals surface area contributed by atoms with E-state index in [1.165, 1.54) is 11.8 Å². The first kappa shape index (κ1) is 16.8. The Kier molecular flexibility index (Phi) is 4.96. The fourth-order valence-electron chi connectivity index (χ4n) is 2.14. The molecule has 0 N–H and O–H groups in total. The van der Waals surface area contributed by atoms with Gasteiger partial charge in [0.2, 0.25) is 0 Å². The van der Waals surface area contributed by atoms with Crippen LogP contribution in [0.3, 0.4) is 0 Å². The normalized spacial score (nSPS) is 16.7.